The van der Waals surface area contributed by atoms with Gasteiger partial charge in [-0.2, -0.15) is 0 Å². The molecule has 1 aromatic heterocycles. The van der Waals surface area contributed by atoms with Gasteiger partial charge in [-0.25, -0.2) is 4.98 Å². The third-order valence-corrected chi connectivity index (χ3v) is 3.38. The maximum Gasteiger partial charge on any atom is 0.101 e. The van der Waals surface area contributed by atoms with Crippen LogP contribution in [0.5, 0.6) is 0 Å². The molecule has 2 nitrogen and oxygen atoms in total. The van der Waals surface area contributed by atoms with Gasteiger partial charge in [0.15, 0.2) is 0 Å². The summed E-state index contributed by atoms with van der Waals surface area (Å²) in [7, 11) is 0. The summed E-state index contributed by atoms with van der Waals surface area (Å²) in [6.45, 7) is 3.83. The molecule has 0 aliphatic heterocycles. The molecule has 0 radical (unpaired) electrons. The number of aromatic nitrogens is 1. The van der Waals surface area contributed by atoms with E-state index in [1.807, 2.05) is 18.2 Å². The average molecular weight is 245 g/mol. The number of aliphatic hydroxyl groups is 1. The first-order valence-corrected chi connectivity index (χ1v) is 6.35. The van der Waals surface area contributed by atoms with Crippen LogP contribution in [0.4, 0.5) is 0 Å². The minimum atomic E-state index is -0.449. The van der Waals surface area contributed by atoms with Gasteiger partial charge in [0, 0.05) is 11.1 Å². The maximum atomic E-state index is 9.52. The molecule has 1 aromatic carbocycles. The molecule has 2 aromatic rings. The Bertz CT molecular complexity index is 511. The Balaban J connectivity index is 2.21. The fraction of sp³-hybridized carbons (Fsp3) is 0.214. The molecule has 1 atom stereocenters. The van der Waals surface area contributed by atoms with Crippen LogP contribution >= 0.6 is 11.8 Å². The lowest BCUT2D eigenvalue weighted by molar-refractivity contribution is 0.199. The van der Waals surface area contributed by atoms with E-state index in [-0.39, 0.29) is 0 Å². The number of pyridine rings is 1. The third-order valence-electron chi connectivity index (χ3n) is 2.45. The number of aliphatic hydroxyl groups excluding tert-OH is 1. The predicted octanol–water partition coefficient (Wildman–Crippen LogP) is 3.59. The highest BCUT2D eigenvalue weighted by molar-refractivity contribution is 7.99. The second kappa shape index (κ2) is 5.34. The summed E-state index contributed by atoms with van der Waals surface area (Å²) in [6, 6.07) is 12.1. The van der Waals surface area contributed by atoms with Gasteiger partial charge < -0.3 is 5.11 Å². The van der Waals surface area contributed by atoms with E-state index in [9.17, 15) is 5.11 Å². The molecule has 1 N–H and O–H groups in total. The number of rotatable bonds is 3. The van der Waals surface area contributed by atoms with Crippen molar-refractivity contribution in [3.05, 3.63) is 53.7 Å². The predicted molar refractivity (Wildman–Crippen MR) is 70.2 cm³/mol. The van der Waals surface area contributed by atoms with Crippen molar-refractivity contribution < 1.29 is 5.11 Å². The van der Waals surface area contributed by atoms with Gasteiger partial charge >= 0.3 is 0 Å². The standard InChI is InChI=1S/C14H15NOS/c1-10-4-3-5-13(8-10)17-14-9-12(11(2)16)6-7-15-14/h3-9,11,16H,1-2H3. The Morgan fingerprint density at radius 1 is 1.24 bits per heavy atom. The van der Waals surface area contributed by atoms with Crippen LogP contribution in [0.25, 0.3) is 0 Å². The van der Waals surface area contributed by atoms with E-state index >= 15 is 0 Å². The quantitative estimate of drug-likeness (QED) is 0.897. The van der Waals surface area contributed by atoms with E-state index in [0.717, 1.165) is 10.6 Å². The van der Waals surface area contributed by atoms with E-state index in [1.165, 1.54) is 10.5 Å². The number of hydrogen-bond donors (Lipinski definition) is 1. The molecule has 0 spiro atoms. The first kappa shape index (κ1) is 12.1. The van der Waals surface area contributed by atoms with Crippen molar-refractivity contribution in [3.8, 4) is 0 Å². The van der Waals surface area contributed by atoms with Crippen LogP contribution in [0, 0.1) is 6.92 Å². The van der Waals surface area contributed by atoms with Crippen molar-refractivity contribution in [2.75, 3.05) is 0 Å². The smallest absolute Gasteiger partial charge is 0.101 e. The number of nitrogens with zero attached hydrogens (tertiary/aromatic N) is 1. The normalized spacial score (nSPS) is 12.4. The Morgan fingerprint density at radius 2 is 2.06 bits per heavy atom. The van der Waals surface area contributed by atoms with Crippen molar-refractivity contribution in [3.63, 3.8) is 0 Å². The Hall–Kier alpha value is -1.32. The summed E-state index contributed by atoms with van der Waals surface area (Å²) in [5.41, 5.74) is 2.14. The zero-order valence-electron chi connectivity index (χ0n) is 9.92. The first-order chi connectivity index (χ1) is 8.15. The van der Waals surface area contributed by atoms with Gasteiger partial charge in [-0.3, -0.25) is 0 Å². The van der Waals surface area contributed by atoms with Gasteiger partial charge in [0.2, 0.25) is 0 Å². The number of benzene rings is 1. The third kappa shape index (κ3) is 3.32. The van der Waals surface area contributed by atoms with Crippen molar-refractivity contribution in [2.24, 2.45) is 0 Å². The van der Waals surface area contributed by atoms with Gasteiger partial charge in [-0.15, -0.1) is 0 Å². The fourth-order valence-electron chi connectivity index (χ4n) is 1.54. The van der Waals surface area contributed by atoms with Crippen molar-refractivity contribution in [1.29, 1.82) is 0 Å². The molecule has 17 heavy (non-hydrogen) atoms. The molecule has 0 fully saturated rings. The Labute approximate surface area is 106 Å². The minimum Gasteiger partial charge on any atom is -0.389 e. The van der Waals surface area contributed by atoms with Crippen LogP contribution in [0.15, 0.2) is 52.5 Å². The largest absolute Gasteiger partial charge is 0.389 e. The lowest BCUT2D eigenvalue weighted by Crippen LogP contribution is -1.92. The van der Waals surface area contributed by atoms with Crippen LogP contribution in [0.3, 0.4) is 0 Å². The van der Waals surface area contributed by atoms with Gasteiger partial charge in [0.25, 0.3) is 0 Å². The highest BCUT2D eigenvalue weighted by atomic mass is 32.2. The summed E-state index contributed by atoms with van der Waals surface area (Å²) in [4.78, 5) is 5.47. The SMILES string of the molecule is Cc1cccc(Sc2cc(C(C)O)ccn2)c1. The molecular weight excluding hydrogens is 230 g/mol. The lowest BCUT2D eigenvalue weighted by Gasteiger charge is -2.06. The van der Waals surface area contributed by atoms with Crippen LogP contribution in [0.2, 0.25) is 0 Å². The molecule has 0 bridgehead atoms. The lowest BCUT2D eigenvalue weighted by atomic mass is 10.2. The molecule has 0 aliphatic carbocycles. The van der Waals surface area contributed by atoms with Crippen molar-refractivity contribution >= 4 is 11.8 Å². The fourth-order valence-corrected chi connectivity index (χ4v) is 2.48. The molecule has 1 unspecified atom stereocenters. The van der Waals surface area contributed by atoms with Gasteiger partial charge in [-0.05, 0) is 43.7 Å². The Kier molecular flexibility index (Phi) is 3.82. The topological polar surface area (TPSA) is 33.1 Å². The van der Waals surface area contributed by atoms with Crippen LogP contribution in [-0.2, 0) is 0 Å². The number of aryl methyl sites for hydroxylation is 1. The molecule has 2 rings (SSSR count). The van der Waals surface area contributed by atoms with Gasteiger partial charge in [0.05, 0.1) is 6.10 Å². The summed E-state index contributed by atoms with van der Waals surface area (Å²) in [5, 5.41) is 10.4. The van der Waals surface area contributed by atoms with E-state index in [2.05, 4.69) is 30.1 Å². The highest BCUT2D eigenvalue weighted by Gasteiger charge is 2.04. The number of hydrogen-bond acceptors (Lipinski definition) is 3. The zero-order valence-corrected chi connectivity index (χ0v) is 10.7. The first-order valence-electron chi connectivity index (χ1n) is 5.54. The minimum absolute atomic E-state index is 0.449. The van der Waals surface area contributed by atoms with Gasteiger partial charge in [0.1, 0.15) is 5.03 Å². The van der Waals surface area contributed by atoms with Crippen molar-refractivity contribution in [2.45, 2.75) is 29.9 Å². The van der Waals surface area contributed by atoms with E-state index in [4.69, 9.17) is 0 Å². The van der Waals surface area contributed by atoms with E-state index in [1.54, 1.807) is 24.9 Å². The summed E-state index contributed by atoms with van der Waals surface area (Å²) >= 11 is 1.61. The second-order valence-electron chi connectivity index (χ2n) is 4.02. The van der Waals surface area contributed by atoms with Crippen molar-refractivity contribution in [1.82, 2.24) is 4.98 Å². The van der Waals surface area contributed by atoms with Crippen LogP contribution < -0.4 is 0 Å². The highest BCUT2D eigenvalue weighted by Crippen LogP contribution is 2.27. The zero-order chi connectivity index (χ0) is 12.3. The molecule has 1 heterocycles. The van der Waals surface area contributed by atoms with Gasteiger partial charge in [-0.1, -0.05) is 29.5 Å². The molecule has 0 aliphatic rings. The second-order valence-corrected chi connectivity index (χ2v) is 5.12. The Morgan fingerprint density at radius 3 is 2.76 bits per heavy atom. The maximum absolute atomic E-state index is 9.52. The van der Waals surface area contributed by atoms with E-state index < -0.39 is 6.10 Å². The molecular formula is C14H15NOS. The molecule has 0 saturated heterocycles. The van der Waals surface area contributed by atoms with Crippen LogP contribution in [-0.4, -0.2) is 10.1 Å². The molecule has 88 valence electrons. The summed E-state index contributed by atoms with van der Waals surface area (Å²) in [5.74, 6) is 0. The molecule has 0 saturated carbocycles. The summed E-state index contributed by atoms with van der Waals surface area (Å²) < 4.78 is 0. The van der Waals surface area contributed by atoms with Crippen LogP contribution in [0.1, 0.15) is 24.2 Å². The van der Waals surface area contributed by atoms with E-state index in [0.29, 0.717) is 0 Å². The molecule has 3 heteroatoms. The summed E-state index contributed by atoms with van der Waals surface area (Å²) in [6.07, 6.45) is 1.29. The average Bonchev–Trinajstić information content (AvgIpc) is 2.29. The molecule has 0 amide bonds. The monoisotopic (exact) mass is 245 g/mol.